The van der Waals surface area contributed by atoms with E-state index >= 15 is 0 Å². The van der Waals surface area contributed by atoms with E-state index in [0.29, 0.717) is 0 Å². The quantitative estimate of drug-likeness (QED) is 0.834. The van der Waals surface area contributed by atoms with Crippen molar-refractivity contribution in [2.24, 2.45) is 10.8 Å². The number of nitrogens with zero attached hydrogens (tertiary/aromatic N) is 1. The third-order valence-corrected chi connectivity index (χ3v) is 4.84. The minimum absolute atomic E-state index is 0.0159. The number of rotatable bonds is 3. The lowest BCUT2D eigenvalue weighted by molar-refractivity contribution is -0.130. The fraction of sp³-hybridized carbons (Fsp3) is 0.867. The van der Waals surface area contributed by atoms with Gasteiger partial charge in [0.25, 0.3) is 0 Å². The molecule has 2 aliphatic carbocycles. The van der Waals surface area contributed by atoms with Gasteiger partial charge < -0.3 is 5.32 Å². The summed E-state index contributed by atoms with van der Waals surface area (Å²) in [6, 6.07) is 2.29. The van der Waals surface area contributed by atoms with Crippen molar-refractivity contribution in [3.05, 3.63) is 0 Å². The summed E-state index contributed by atoms with van der Waals surface area (Å²) in [6.07, 6.45) is 9.62. The molecule has 0 unspecified atom stereocenters. The van der Waals surface area contributed by atoms with Crippen molar-refractivity contribution in [3.8, 4) is 6.07 Å². The monoisotopic (exact) mass is 248 g/mol. The highest BCUT2D eigenvalue weighted by Crippen LogP contribution is 2.38. The van der Waals surface area contributed by atoms with Crippen molar-refractivity contribution < 1.29 is 4.79 Å². The van der Waals surface area contributed by atoms with E-state index in [-0.39, 0.29) is 11.3 Å². The molecule has 18 heavy (non-hydrogen) atoms. The molecule has 0 atom stereocenters. The van der Waals surface area contributed by atoms with Gasteiger partial charge in [0, 0.05) is 6.54 Å². The van der Waals surface area contributed by atoms with Gasteiger partial charge in [-0.15, -0.1) is 0 Å². The topological polar surface area (TPSA) is 52.9 Å². The zero-order valence-electron chi connectivity index (χ0n) is 11.4. The van der Waals surface area contributed by atoms with Crippen LogP contribution in [0.25, 0.3) is 0 Å². The predicted molar refractivity (Wildman–Crippen MR) is 70.7 cm³/mol. The Morgan fingerprint density at radius 2 is 1.67 bits per heavy atom. The van der Waals surface area contributed by atoms with E-state index in [9.17, 15) is 10.1 Å². The van der Waals surface area contributed by atoms with E-state index < -0.39 is 5.41 Å². The lowest BCUT2D eigenvalue weighted by Crippen LogP contribution is -2.44. The fourth-order valence-corrected chi connectivity index (χ4v) is 3.41. The molecule has 0 spiro atoms. The molecule has 0 aromatic heterocycles. The second kappa shape index (κ2) is 5.30. The molecular weight excluding hydrogens is 224 g/mol. The van der Waals surface area contributed by atoms with Gasteiger partial charge in [-0.05, 0) is 31.1 Å². The van der Waals surface area contributed by atoms with Gasteiger partial charge in [0.1, 0.15) is 5.41 Å². The van der Waals surface area contributed by atoms with Crippen molar-refractivity contribution in [3.63, 3.8) is 0 Å². The van der Waals surface area contributed by atoms with Crippen molar-refractivity contribution in [1.29, 1.82) is 5.26 Å². The number of nitriles is 1. The molecule has 0 heterocycles. The first-order chi connectivity index (χ1) is 8.60. The summed E-state index contributed by atoms with van der Waals surface area (Å²) < 4.78 is 0. The Hall–Kier alpha value is -1.04. The van der Waals surface area contributed by atoms with Gasteiger partial charge in [0.15, 0.2) is 0 Å². The average Bonchev–Trinajstić information content (AvgIpc) is 2.84. The van der Waals surface area contributed by atoms with Crippen LogP contribution in [0, 0.1) is 22.2 Å². The summed E-state index contributed by atoms with van der Waals surface area (Å²) in [4.78, 5) is 12.3. The lowest BCUT2D eigenvalue weighted by Gasteiger charge is -2.31. The van der Waals surface area contributed by atoms with E-state index in [4.69, 9.17) is 0 Å². The van der Waals surface area contributed by atoms with Gasteiger partial charge in [-0.1, -0.05) is 39.0 Å². The molecule has 2 rings (SSSR count). The van der Waals surface area contributed by atoms with Crippen LogP contribution < -0.4 is 5.32 Å². The molecule has 3 heteroatoms. The Labute approximate surface area is 110 Å². The normalized spacial score (nSPS) is 25.3. The van der Waals surface area contributed by atoms with Gasteiger partial charge in [0.2, 0.25) is 5.91 Å². The number of carbonyl (C=O) groups is 1. The molecule has 0 aromatic carbocycles. The van der Waals surface area contributed by atoms with Crippen LogP contribution in [-0.4, -0.2) is 12.5 Å². The highest BCUT2D eigenvalue weighted by molar-refractivity contribution is 5.85. The van der Waals surface area contributed by atoms with Crippen molar-refractivity contribution in [2.75, 3.05) is 6.54 Å². The first kappa shape index (κ1) is 13.4. The van der Waals surface area contributed by atoms with Gasteiger partial charge in [0.05, 0.1) is 6.07 Å². The summed E-state index contributed by atoms with van der Waals surface area (Å²) in [5.41, 5.74) is -0.464. The first-order valence-electron chi connectivity index (χ1n) is 7.30. The Bertz CT molecular complexity index is 344. The summed E-state index contributed by atoms with van der Waals surface area (Å²) in [7, 11) is 0. The summed E-state index contributed by atoms with van der Waals surface area (Å²) in [6.45, 7) is 3.00. The van der Waals surface area contributed by atoms with Crippen LogP contribution in [0.4, 0.5) is 0 Å². The molecule has 2 saturated carbocycles. The molecule has 1 N–H and O–H groups in total. The zero-order chi connectivity index (χ0) is 13.1. The summed E-state index contributed by atoms with van der Waals surface area (Å²) in [5.74, 6) is -0.0159. The minimum Gasteiger partial charge on any atom is -0.354 e. The minimum atomic E-state index is -0.729. The van der Waals surface area contributed by atoms with Crippen molar-refractivity contribution in [1.82, 2.24) is 5.32 Å². The third kappa shape index (κ3) is 2.68. The van der Waals surface area contributed by atoms with Crippen LogP contribution in [0.2, 0.25) is 0 Å². The number of hydrogen-bond donors (Lipinski definition) is 1. The van der Waals surface area contributed by atoms with Crippen LogP contribution in [0.3, 0.4) is 0 Å². The number of hydrogen-bond acceptors (Lipinski definition) is 2. The molecule has 1 amide bonds. The molecule has 2 aliphatic rings. The standard InChI is InChI=1S/C15H24N2O/c1-14(7-5-6-8-14)12-17-13(18)15(11-16)9-3-2-4-10-15/h2-10,12H2,1H3,(H,17,18). The average molecular weight is 248 g/mol. The summed E-state index contributed by atoms with van der Waals surface area (Å²) in [5, 5.41) is 12.4. The van der Waals surface area contributed by atoms with Crippen LogP contribution >= 0.6 is 0 Å². The Kier molecular flexibility index (Phi) is 3.94. The second-order valence-corrected chi connectivity index (χ2v) is 6.46. The molecule has 100 valence electrons. The maximum Gasteiger partial charge on any atom is 0.240 e. The fourth-order valence-electron chi connectivity index (χ4n) is 3.41. The maximum atomic E-state index is 12.3. The van der Waals surface area contributed by atoms with Crippen LogP contribution in [0.1, 0.15) is 64.7 Å². The van der Waals surface area contributed by atoms with E-state index in [1.807, 2.05) is 0 Å². The van der Waals surface area contributed by atoms with Crippen LogP contribution in [0.5, 0.6) is 0 Å². The third-order valence-electron chi connectivity index (χ3n) is 4.84. The lowest BCUT2D eigenvalue weighted by atomic mass is 9.74. The van der Waals surface area contributed by atoms with E-state index in [1.54, 1.807) is 0 Å². The Balaban J connectivity index is 1.92. The Morgan fingerprint density at radius 1 is 1.11 bits per heavy atom. The highest BCUT2D eigenvalue weighted by atomic mass is 16.2. The first-order valence-corrected chi connectivity index (χ1v) is 7.30. The van der Waals surface area contributed by atoms with E-state index in [2.05, 4.69) is 18.3 Å². The van der Waals surface area contributed by atoms with E-state index in [1.165, 1.54) is 25.7 Å². The molecule has 0 bridgehead atoms. The maximum absolute atomic E-state index is 12.3. The summed E-state index contributed by atoms with van der Waals surface area (Å²) >= 11 is 0. The SMILES string of the molecule is CC1(CNC(=O)C2(C#N)CCCCC2)CCCC1. The number of carbonyl (C=O) groups excluding carboxylic acids is 1. The van der Waals surface area contributed by atoms with Crippen LogP contribution in [0.15, 0.2) is 0 Å². The van der Waals surface area contributed by atoms with Gasteiger partial charge in [-0.2, -0.15) is 5.26 Å². The van der Waals surface area contributed by atoms with Crippen molar-refractivity contribution in [2.45, 2.75) is 64.7 Å². The van der Waals surface area contributed by atoms with Crippen molar-refractivity contribution >= 4 is 5.91 Å². The van der Waals surface area contributed by atoms with Crippen LogP contribution in [-0.2, 0) is 4.79 Å². The molecule has 0 saturated heterocycles. The Morgan fingerprint density at radius 3 is 2.22 bits per heavy atom. The van der Waals surface area contributed by atoms with Gasteiger partial charge >= 0.3 is 0 Å². The highest BCUT2D eigenvalue weighted by Gasteiger charge is 2.40. The molecule has 0 aliphatic heterocycles. The van der Waals surface area contributed by atoms with Gasteiger partial charge in [-0.3, -0.25) is 4.79 Å². The zero-order valence-corrected chi connectivity index (χ0v) is 11.4. The molecule has 2 fully saturated rings. The molecular formula is C15H24N2O. The smallest absolute Gasteiger partial charge is 0.240 e. The second-order valence-electron chi connectivity index (χ2n) is 6.46. The number of nitrogens with one attached hydrogen (secondary N) is 1. The molecule has 0 radical (unpaired) electrons. The van der Waals surface area contributed by atoms with E-state index in [0.717, 1.165) is 38.6 Å². The molecule has 3 nitrogen and oxygen atoms in total. The largest absolute Gasteiger partial charge is 0.354 e. The van der Waals surface area contributed by atoms with Gasteiger partial charge in [-0.25, -0.2) is 0 Å². The predicted octanol–water partition coefficient (Wildman–Crippen LogP) is 3.16. The number of amides is 1. The molecule has 0 aromatic rings.